The average Bonchev–Trinajstić information content (AvgIpc) is 3.17. The minimum Gasteiger partial charge on any atom is -0.338 e. The van der Waals surface area contributed by atoms with E-state index in [1.54, 1.807) is 0 Å². The molecule has 1 saturated carbocycles. The van der Waals surface area contributed by atoms with Gasteiger partial charge in [0.25, 0.3) is 0 Å². The van der Waals surface area contributed by atoms with E-state index >= 15 is 0 Å². The zero-order valence-corrected chi connectivity index (χ0v) is 12.5. The summed E-state index contributed by atoms with van der Waals surface area (Å²) in [6.07, 6.45) is 5.61. The van der Waals surface area contributed by atoms with Crippen molar-refractivity contribution in [2.45, 2.75) is 51.0 Å². The van der Waals surface area contributed by atoms with E-state index in [-0.39, 0.29) is 6.04 Å². The topological polar surface area (TPSA) is 64.9 Å². The first kappa shape index (κ1) is 14.3. The summed E-state index contributed by atoms with van der Waals surface area (Å²) < 4.78 is 5.39. The largest absolute Gasteiger partial charge is 0.338 e. The summed E-state index contributed by atoms with van der Waals surface area (Å²) in [5, 5.41) is 4.16. The highest BCUT2D eigenvalue weighted by Crippen LogP contribution is 2.38. The zero-order chi connectivity index (χ0) is 14.7. The van der Waals surface area contributed by atoms with Crippen LogP contribution in [-0.2, 0) is 6.42 Å². The minimum absolute atomic E-state index is 0.225. The summed E-state index contributed by atoms with van der Waals surface area (Å²) in [7, 11) is 0. The van der Waals surface area contributed by atoms with E-state index in [2.05, 4.69) is 29.2 Å². The van der Waals surface area contributed by atoms with Crippen LogP contribution in [0.15, 0.2) is 34.9 Å². The van der Waals surface area contributed by atoms with Crippen LogP contribution in [0.5, 0.6) is 0 Å². The molecule has 0 bridgehead atoms. The molecule has 112 valence electrons. The van der Waals surface area contributed by atoms with Gasteiger partial charge in [-0.15, -0.1) is 0 Å². The molecule has 1 aromatic carbocycles. The summed E-state index contributed by atoms with van der Waals surface area (Å²) in [4.78, 5) is 4.55. The molecule has 0 saturated heterocycles. The predicted molar refractivity (Wildman–Crippen MR) is 81.7 cm³/mol. The lowest BCUT2D eigenvalue weighted by molar-refractivity contribution is 0.347. The minimum atomic E-state index is -0.225. The maximum Gasteiger partial charge on any atom is 0.243 e. The first-order valence-corrected chi connectivity index (χ1v) is 7.89. The van der Waals surface area contributed by atoms with Gasteiger partial charge in [-0.1, -0.05) is 48.8 Å². The van der Waals surface area contributed by atoms with E-state index in [9.17, 15) is 0 Å². The van der Waals surface area contributed by atoms with Crippen molar-refractivity contribution in [1.82, 2.24) is 10.1 Å². The van der Waals surface area contributed by atoms with Crippen molar-refractivity contribution in [3.05, 3.63) is 47.6 Å². The van der Waals surface area contributed by atoms with Gasteiger partial charge in [0.2, 0.25) is 5.89 Å². The van der Waals surface area contributed by atoms with E-state index < -0.39 is 0 Å². The second-order valence-corrected chi connectivity index (χ2v) is 6.07. The van der Waals surface area contributed by atoms with Gasteiger partial charge in [-0.05, 0) is 37.2 Å². The third-order valence-corrected chi connectivity index (χ3v) is 4.56. The number of benzene rings is 1. The Morgan fingerprint density at radius 2 is 2.10 bits per heavy atom. The SMILES string of the molecule is CCC1CCC(c2noc([C@@H](N)Cc3ccccc3)n2)C1. The molecular formula is C17H23N3O. The molecule has 2 N–H and O–H groups in total. The van der Waals surface area contributed by atoms with Crippen LogP contribution >= 0.6 is 0 Å². The number of hydrogen-bond donors (Lipinski definition) is 1. The molecule has 0 radical (unpaired) electrons. The maximum atomic E-state index is 6.20. The molecule has 0 amide bonds. The maximum absolute atomic E-state index is 6.20. The van der Waals surface area contributed by atoms with Crippen LogP contribution in [0.2, 0.25) is 0 Å². The molecule has 1 aliphatic rings. The van der Waals surface area contributed by atoms with Crippen molar-refractivity contribution in [2.24, 2.45) is 11.7 Å². The van der Waals surface area contributed by atoms with Crippen LogP contribution < -0.4 is 5.73 Å². The molecule has 1 fully saturated rings. The van der Waals surface area contributed by atoms with Gasteiger partial charge in [-0.25, -0.2) is 0 Å². The lowest BCUT2D eigenvalue weighted by Gasteiger charge is -2.06. The van der Waals surface area contributed by atoms with E-state index in [1.807, 2.05) is 18.2 Å². The molecule has 2 unspecified atom stereocenters. The zero-order valence-electron chi connectivity index (χ0n) is 12.5. The fourth-order valence-corrected chi connectivity index (χ4v) is 3.20. The van der Waals surface area contributed by atoms with Crippen LogP contribution in [0.1, 0.15) is 61.8 Å². The van der Waals surface area contributed by atoms with Crippen LogP contribution in [0.3, 0.4) is 0 Å². The number of hydrogen-bond acceptors (Lipinski definition) is 4. The van der Waals surface area contributed by atoms with Gasteiger partial charge in [-0.2, -0.15) is 4.98 Å². The standard InChI is InChI=1S/C17H23N3O/c1-2-12-8-9-14(10-12)16-19-17(21-20-16)15(18)11-13-6-4-3-5-7-13/h3-7,12,14-15H,2,8-11,18H2,1H3/t12?,14?,15-/m0/s1. The molecular weight excluding hydrogens is 262 g/mol. The summed E-state index contributed by atoms with van der Waals surface area (Å²) in [6.45, 7) is 2.25. The smallest absolute Gasteiger partial charge is 0.243 e. The fraction of sp³-hybridized carbons (Fsp3) is 0.529. The van der Waals surface area contributed by atoms with Crippen LogP contribution in [0.4, 0.5) is 0 Å². The molecule has 1 aromatic heterocycles. The predicted octanol–water partition coefficient (Wildman–Crippen LogP) is 3.61. The molecule has 0 spiro atoms. The highest BCUT2D eigenvalue weighted by atomic mass is 16.5. The Bertz CT molecular complexity index is 566. The van der Waals surface area contributed by atoms with E-state index in [4.69, 9.17) is 10.3 Å². The molecule has 0 aliphatic heterocycles. The van der Waals surface area contributed by atoms with E-state index in [0.717, 1.165) is 18.2 Å². The first-order valence-electron chi connectivity index (χ1n) is 7.89. The van der Waals surface area contributed by atoms with Gasteiger partial charge in [-0.3, -0.25) is 0 Å². The Hall–Kier alpha value is -1.68. The van der Waals surface area contributed by atoms with Gasteiger partial charge in [0.15, 0.2) is 5.82 Å². The monoisotopic (exact) mass is 285 g/mol. The van der Waals surface area contributed by atoms with Gasteiger partial charge >= 0.3 is 0 Å². The Kier molecular flexibility index (Phi) is 4.34. The van der Waals surface area contributed by atoms with Crippen LogP contribution in [-0.4, -0.2) is 10.1 Å². The molecule has 1 aliphatic carbocycles. The number of nitrogens with two attached hydrogens (primary N) is 1. The Balaban J connectivity index is 1.64. The quantitative estimate of drug-likeness (QED) is 0.911. The Labute approximate surface area is 125 Å². The highest BCUT2D eigenvalue weighted by molar-refractivity contribution is 5.17. The summed E-state index contributed by atoms with van der Waals surface area (Å²) in [6, 6.07) is 9.95. The normalized spacial score (nSPS) is 23.3. The van der Waals surface area contributed by atoms with Crippen molar-refractivity contribution >= 4 is 0 Å². The fourth-order valence-electron chi connectivity index (χ4n) is 3.20. The van der Waals surface area contributed by atoms with E-state index in [0.29, 0.717) is 11.8 Å². The van der Waals surface area contributed by atoms with Gasteiger partial charge < -0.3 is 10.3 Å². The number of aromatic nitrogens is 2. The Morgan fingerprint density at radius 3 is 2.81 bits per heavy atom. The first-order chi connectivity index (χ1) is 10.3. The number of nitrogens with zero attached hydrogens (tertiary/aromatic N) is 2. The Morgan fingerprint density at radius 1 is 1.29 bits per heavy atom. The molecule has 1 heterocycles. The molecule has 21 heavy (non-hydrogen) atoms. The van der Waals surface area contributed by atoms with E-state index in [1.165, 1.54) is 31.2 Å². The second kappa shape index (κ2) is 6.39. The highest BCUT2D eigenvalue weighted by Gasteiger charge is 2.29. The molecule has 4 heteroatoms. The van der Waals surface area contributed by atoms with Crippen molar-refractivity contribution in [2.75, 3.05) is 0 Å². The summed E-state index contributed by atoms with van der Waals surface area (Å²) in [5.74, 6) is 2.68. The van der Waals surface area contributed by atoms with Crippen molar-refractivity contribution in [3.8, 4) is 0 Å². The van der Waals surface area contributed by atoms with Crippen LogP contribution in [0, 0.1) is 5.92 Å². The second-order valence-electron chi connectivity index (χ2n) is 6.07. The van der Waals surface area contributed by atoms with Crippen molar-refractivity contribution in [3.63, 3.8) is 0 Å². The van der Waals surface area contributed by atoms with Gasteiger partial charge in [0.1, 0.15) is 0 Å². The average molecular weight is 285 g/mol. The van der Waals surface area contributed by atoms with Gasteiger partial charge in [0, 0.05) is 5.92 Å². The van der Waals surface area contributed by atoms with Crippen molar-refractivity contribution in [1.29, 1.82) is 0 Å². The lowest BCUT2D eigenvalue weighted by atomic mass is 10.0. The summed E-state index contributed by atoms with van der Waals surface area (Å²) >= 11 is 0. The molecule has 4 nitrogen and oxygen atoms in total. The molecule has 3 rings (SSSR count). The molecule has 3 atom stereocenters. The molecule has 2 aromatic rings. The number of rotatable bonds is 5. The van der Waals surface area contributed by atoms with Crippen LogP contribution in [0.25, 0.3) is 0 Å². The van der Waals surface area contributed by atoms with Gasteiger partial charge in [0.05, 0.1) is 6.04 Å². The third kappa shape index (κ3) is 3.32. The summed E-state index contributed by atoms with van der Waals surface area (Å²) in [5.41, 5.74) is 7.39. The van der Waals surface area contributed by atoms with Crippen molar-refractivity contribution < 1.29 is 4.52 Å². The third-order valence-electron chi connectivity index (χ3n) is 4.56. The lowest BCUT2D eigenvalue weighted by Crippen LogP contribution is -2.14.